The molecule has 0 aliphatic heterocycles. The maximum atomic E-state index is 5.96. The smallest absolute Gasteiger partial charge is 0.196 e. The van der Waals surface area contributed by atoms with E-state index in [1.165, 1.54) is 12.8 Å². The number of nitrogens with zero attached hydrogens (tertiary/aromatic N) is 1. The molecular weight excluding hydrogens is 276 g/mol. The molecule has 1 heterocycles. The number of methoxy groups -OCH3 is 1. The Morgan fingerprint density at radius 3 is 3.05 bits per heavy atom. The number of hydrogen-bond acceptors (Lipinski definition) is 4. The van der Waals surface area contributed by atoms with Crippen LogP contribution in [0.1, 0.15) is 18.7 Å². The minimum absolute atomic E-state index is 0.638. The zero-order valence-corrected chi connectivity index (χ0v) is 12.1. The van der Waals surface area contributed by atoms with Crippen molar-refractivity contribution >= 4 is 11.6 Å². The second-order valence-corrected chi connectivity index (χ2v) is 5.38. The van der Waals surface area contributed by atoms with E-state index in [9.17, 15) is 0 Å². The summed E-state index contributed by atoms with van der Waals surface area (Å²) in [7, 11) is 1.62. The Hall–Kier alpha value is -1.52. The molecule has 106 valence electrons. The van der Waals surface area contributed by atoms with Crippen LogP contribution in [0.5, 0.6) is 5.75 Å². The lowest BCUT2D eigenvalue weighted by Gasteiger charge is -2.05. The Labute approximate surface area is 123 Å². The van der Waals surface area contributed by atoms with Gasteiger partial charge in [-0.2, -0.15) is 0 Å². The molecule has 0 spiro atoms. The molecule has 1 N–H and O–H groups in total. The number of hydrogen-bond donors (Lipinski definition) is 1. The summed E-state index contributed by atoms with van der Waals surface area (Å²) in [6, 6.07) is 6.18. The first kappa shape index (κ1) is 13.5. The number of rotatable bonds is 6. The van der Waals surface area contributed by atoms with E-state index in [0.29, 0.717) is 22.6 Å². The molecule has 0 bridgehead atoms. The lowest BCUT2D eigenvalue weighted by atomic mass is 10.1. The molecule has 5 heteroatoms. The minimum atomic E-state index is 0.638. The highest BCUT2D eigenvalue weighted by atomic mass is 35.5. The molecule has 3 rings (SSSR count). The first-order valence-corrected chi connectivity index (χ1v) is 7.16. The molecule has 1 aliphatic rings. The van der Waals surface area contributed by atoms with E-state index in [0.717, 1.165) is 24.4 Å². The average molecular weight is 293 g/mol. The molecule has 0 atom stereocenters. The van der Waals surface area contributed by atoms with Crippen molar-refractivity contribution in [3.8, 4) is 17.1 Å². The van der Waals surface area contributed by atoms with Crippen LogP contribution in [0.4, 0.5) is 0 Å². The van der Waals surface area contributed by atoms with Gasteiger partial charge in [-0.3, -0.25) is 0 Å². The Bertz CT molecular complexity index is 593. The lowest BCUT2D eigenvalue weighted by Crippen LogP contribution is -2.19. The van der Waals surface area contributed by atoms with E-state index >= 15 is 0 Å². The number of halogens is 1. The van der Waals surface area contributed by atoms with E-state index in [4.69, 9.17) is 20.8 Å². The van der Waals surface area contributed by atoms with Gasteiger partial charge in [0.25, 0.3) is 0 Å². The molecule has 2 aromatic rings. The Kier molecular flexibility index (Phi) is 3.94. The molecule has 1 aromatic heterocycles. The van der Waals surface area contributed by atoms with Crippen molar-refractivity contribution in [3.05, 3.63) is 35.3 Å². The van der Waals surface area contributed by atoms with E-state index in [2.05, 4.69) is 10.3 Å². The van der Waals surface area contributed by atoms with Crippen molar-refractivity contribution in [1.29, 1.82) is 0 Å². The topological polar surface area (TPSA) is 47.3 Å². The third kappa shape index (κ3) is 3.14. The summed E-state index contributed by atoms with van der Waals surface area (Å²) in [6.45, 7) is 0.905. The van der Waals surface area contributed by atoms with Gasteiger partial charge in [-0.05, 0) is 31.0 Å². The van der Waals surface area contributed by atoms with Crippen LogP contribution < -0.4 is 10.1 Å². The molecule has 0 radical (unpaired) electrons. The summed E-state index contributed by atoms with van der Waals surface area (Å²) in [5.74, 6) is 2.14. The van der Waals surface area contributed by atoms with Crippen LogP contribution in [0.15, 0.2) is 28.8 Å². The van der Waals surface area contributed by atoms with Crippen LogP contribution in [-0.4, -0.2) is 24.7 Å². The molecular formula is C15H17ClN2O2. The van der Waals surface area contributed by atoms with E-state index in [1.54, 1.807) is 19.4 Å². The Balaban J connectivity index is 1.71. The summed E-state index contributed by atoms with van der Waals surface area (Å²) in [5.41, 5.74) is 0.866. The highest BCUT2D eigenvalue weighted by Gasteiger charge is 2.20. The average Bonchev–Trinajstić information content (AvgIpc) is 3.16. The molecule has 0 saturated heterocycles. The number of ether oxygens (including phenoxy) is 1. The van der Waals surface area contributed by atoms with E-state index < -0.39 is 0 Å². The first-order chi connectivity index (χ1) is 9.76. The van der Waals surface area contributed by atoms with Crippen LogP contribution in [0.25, 0.3) is 11.3 Å². The van der Waals surface area contributed by atoms with Crippen LogP contribution in [-0.2, 0) is 6.42 Å². The number of oxazole rings is 1. The number of benzene rings is 1. The summed E-state index contributed by atoms with van der Waals surface area (Å²) >= 11 is 5.96. The van der Waals surface area contributed by atoms with Gasteiger partial charge < -0.3 is 14.5 Å². The molecule has 1 fully saturated rings. The Morgan fingerprint density at radius 2 is 2.30 bits per heavy atom. The van der Waals surface area contributed by atoms with Gasteiger partial charge in [0.1, 0.15) is 5.75 Å². The third-order valence-electron chi connectivity index (χ3n) is 3.33. The van der Waals surface area contributed by atoms with E-state index in [-0.39, 0.29) is 0 Å². The maximum absolute atomic E-state index is 5.96. The molecule has 0 amide bonds. The maximum Gasteiger partial charge on any atom is 0.196 e. The standard InChI is InChI=1S/C15H17ClN2O2/c1-19-13-8-10(16)2-5-12(13)14-9-18-15(20-14)6-7-17-11-3-4-11/h2,5,8-9,11,17H,3-4,6-7H2,1H3. The van der Waals surface area contributed by atoms with Crippen LogP contribution in [0, 0.1) is 0 Å². The molecule has 20 heavy (non-hydrogen) atoms. The lowest BCUT2D eigenvalue weighted by molar-refractivity contribution is 0.413. The molecule has 1 saturated carbocycles. The van der Waals surface area contributed by atoms with Crippen molar-refractivity contribution in [2.24, 2.45) is 0 Å². The van der Waals surface area contributed by atoms with E-state index in [1.807, 2.05) is 12.1 Å². The minimum Gasteiger partial charge on any atom is -0.496 e. The van der Waals surface area contributed by atoms with Gasteiger partial charge in [0.15, 0.2) is 11.7 Å². The highest BCUT2D eigenvalue weighted by molar-refractivity contribution is 6.30. The van der Waals surface area contributed by atoms with Crippen LogP contribution in [0.2, 0.25) is 5.02 Å². The largest absolute Gasteiger partial charge is 0.496 e. The quantitative estimate of drug-likeness (QED) is 0.887. The first-order valence-electron chi connectivity index (χ1n) is 6.78. The van der Waals surface area contributed by atoms with Crippen molar-refractivity contribution < 1.29 is 9.15 Å². The monoisotopic (exact) mass is 292 g/mol. The van der Waals surface area contributed by atoms with Crippen molar-refractivity contribution in [2.45, 2.75) is 25.3 Å². The molecule has 1 aromatic carbocycles. The SMILES string of the molecule is COc1cc(Cl)ccc1-c1cnc(CCNC2CC2)o1. The molecule has 4 nitrogen and oxygen atoms in total. The Morgan fingerprint density at radius 1 is 1.45 bits per heavy atom. The second-order valence-electron chi connectivity index (χ2n) is 4.94. The summed E-state index contributed by atoms with van der Waals surface area (Å²) in [5, 5.41) is 4.08. The van der Waals surface area contributed by atoms with Crippen LogP contribution in [0.3, 0.4) is 0 Å². The van der Waals surface area contributed by atoms with Crippen molar-refractivity contribution in [1.82, 2.24) is 10.3 Å². The normalized spacial score (nSPS) is 14.5. The van der Waals surface area contributed by atoms with Crippen molar-refractivity contribution in [2.75, 3.05) is 13.7 Å². The van der Waals surface area contributed by atoms with Gasteiger partial charge in [0.05, 0.1) is 18.9 Å². The van der Waals surface area contributed by atoms with Gasteiger partial charge in [0, 0.05) is 24.0 Å². The summed E-state index contributed by atoms with van der Waals surface area (Å²) < 4.78 is 11.1. The van der Waals surface area contributed by atoms with Gasteiger partial charge >= 0.3 is 0 Å². The van der Waals surface area contributed by atoms with Gasteiger partial charge in [-0.25, -0.2) is 4.98 Å². The molecule has 1 aliphatic carbocycles. The van der Waals surface area contributed by atoms with Gasteiger partial charge in [-0.15, -0.1) is 0 Å². The fraction of sp³-hybridized carbons (Fsp3) is 0.400. The molecule has 0 unspecified atom stereocenters. The predicted molar refractivity (Wildman–Crippen MR) is 78.2 cm³/mol. The number of nitrogens with one attached hydrogen (secondary N) is 1. The van der Waals surface area contributed by atoms with Crippen molar-refractivity contribution in [3.63, 3.8) is 0 Å². The summed E-state index contributed by atoms with van der Waals surface area (Å²) in [6.07, 6.45) is 5.11. The van der Waals surface area contributed by atoms with Gasteiger partial charge in [-0.1, -0.05) is 11.6 Å². The fourth-order valence-electron chi connectivity index (χ4n) is 2.09. The predicted octanol–water partition coefficient (Wildman–Crippen LogP) is 3.30. The van der Waals surface area contributed by atoms with Crippen LogP contribution >= 0.6 is 11.6 Å². The number of aromatic nitrogens is 1. The zero-order valence-electron chi connectivity index (χ0n) is 11.4. The third-order valence-corrected chi connectivity index (χ3v) is 3.57. The summed E-state index contributed by atoms with van der Waals surface area (Å²) in [4.78, 5) is 4.31. The fourth-order valence-corrected chi connectivity index (χ4v) is 2.25. The zero-order chi connectivity index (χ0) is 13.9. The highest BCUT2D eigenvalue weighted by Crippen LogP contribution is 2.32. The second kappa shape index (κ2) is 5.85. The van der Waals surface area contributed by atoms with Gasteiger partial charge in [0.2, 0.25) is 0 Å².